The molecule has 0 aromatic rings. The molecule has 1 atom stereocenters. The summed E-state index contributed by atoms with van der Waals surface area (Å²) in [7, 11) is 0. The highest BCUT2D eigenvalue weighted by atomic mass is 15.2. The van der Waals surface area contributed by atoms with Crippen LogP contribution in [0.4, 0.5) is 0 Å². The van der Waals surface area contributed by atoms with Crippen LogP contribution in [-0.2, 0) is 0 Å². The van der Waals surface area contributed by atoms with Gasteiger partial charge in [0.25, 0.3) is 0 Å². The van der Waals surface area contributed by atoms with Crippen LogP contribution in [-0.4, -0.2) is 24.2 Å². The van der Waals surface area contributed by atoms with Gasteiger partial charge in [-0.15, -0.1) is 0 Å². The van der Waals surface area contributed by atoms with Gasteiger partial charge in [-0.2, -0.15) is 10.2 Å². The normalized spacial score (nSPS) is 14.5. The van der Waals surface area contributed by atoms with Gasteiger partial charge in [-0.25, -0.2) is 0 Å². The molecule has 11 heavy (non-hydrogen) atoms. The quantitative estimate of drug-likeness (QED) is 0.456. The number of hydrogen-bond acceptors (Lipinski definition) is 4. The van der Waals surface area contributed by atoms with Crippen molar-refractivity contribution in [3.63, 3.8) is 0 Å². The number of nitrogens with two attached hydrogens (primary N) is 1. The summed E-state index contributed by atoms with van der Waals surface area (Å²) in [5, 5.41) is 14.5. The molecular formula is C7H14N4. The predicted octanol–water partition coefficient (Wildman–Crippen LogP) is 0.820. The van der Waals surface area contributed by atoms with Gasteiger partial charge >= 0.3 is 0 Å². The maximum atomic E-state index is 7.32. The molecule has 0 fully saturated rings. The number of nitrogens with zero attached hydrogens (tertiary/aromatic N) is 2. The molecule has 0 bridgehead atoms. The van der Waals surface area contributed by atoms with Crippen LogP contribution in [0.5, 0.6) is 0 Å². The molecule has 0 amide bonds. The second kappa shape index (κ2) is 5.73. The average molecular weight is 154 g/mol. The predicted molar refractivity (Wildman–Crippen MR) is 48.7 cm³/mol. The standard InChI is InChI=1S/C7H14N4/c1-3-6(8)7(9)5-11-10-4-2/h4-6,9H,3,8H2,1-2H3/b9-7?,10-4+,11-5+. The van der Waals surface area contributed by atoms with E-state index in [0.717, 1.165) is 6.42 Å². The average Bonchev–Trinajstić information content (AvgIpc) is 2.03. The van der Waals surface area contributed by atoms with Gasteiger partial charge in [0.05, 0.1) is 11.9 Å². The lowest BCUT2D eigenvalue weighted by Crippen LogP contribution is -2.29. The second-order valence-electron chi connectivity index (χ2n) is 2.09. The Morgan fingerprint density at radius 1 is 1.64 bits per heavy atom. The molecule has 62 valence electrons. The van der Waals surface area contributed by atoms with E-state index < -0.39 is 0 Å². The highest BCUT2D eigenvalue weighted by Crippen LogP contribution is 1.86. The monoisotopic (exact) mass is 154 g/mol. The topological polar surface area (TPSA) is 74.6 Å². The van der Waals surface area contributed by atoms with E-state index in [1.165, 1.54) is 6.21 Å². The van der Waals surface area contributed by atoms with Crippen LogP contribution < -0.4 is 5.73 Å². The minimum Gasteiger partial charge on any atom is -0.323 e. The Morgan fingerprint density at radius 3 is 2.73 bits per heavy atom. The Balaban J connectivity index is 3.86. The maximum absolute atomic E-state index is 7.32. The molecule has 0 aliphatic heterocycles. The van der Waals surface area contributed by atoms with Crippen molar-refractivity contribution in [2.45, 2.75) is 26.3 Å². The van der Waals surface area contributed by atoms with Crippen LogP contribution >= 0.6 is 0 Å². The fourth-order valence-corrected chi connectivity index (χ4v) is 0.478. The molecule has 0 heterocycles. The minimum absolute atomic E-state index is 0.217. The Morgan fingerprint density at radius 2 is 2.27 bits per heavy atom. The highest BCUT2D eigenvalue weighted by Gasteiger charge is 2.02. The van der Waals surface area contributed by atoms with Crippen molar-refractivity contribution in [3.05, 3.63) is 0 Å². The number of hydrogen-bond donors (Lipinski definition) is 2. The van der Waals surface area contributed by atoms with Gasteiger partial charge in [-0.1, -0.05) is 6.92 Å². The molecule has 0 aliphatic rings. The first-order valence-electron chi connectivity index (χ1n) is 3.57. The fourth-order valence-electron chi connectivity index (χ4n) is 0.478. The van der Waals surface area contributed by atoms with Crippen molar-refractivity contribution < 1.29 is 0 Å². The SMILES string of the molecule is C/C=N/N=C/C(=N)C(N)CC. The summed E-state index contributed by atoms with van der Waals surface area (Å²) in [5.74, 6) is 0. The van der Waals surface area contributed by atoms with Crippen molar-refractivity contribution in [2.75, 3.05) is 0 Å². The summed E-state index contributed by atoms with van der Waals surface area (Å²) < 4.78 is 0. The first-order chi connectivity index (χ1) is 5.22. The zero-order valence-electron chi connectivity index (χ0n) is 6.91. The molecule has 1 unspecified atom stereocenters. The molecule has 4 heteroatoms. The lowest BCUT2D eigenvalue weighted by molar-refractivity contribution is 0.822. The summed E-state index contributed by atoms with van der Waals surface area (Å²) in [6.07, 6.45) is 3.68. The van der Waals surface area contributed by atoms with Gasteiger partial charge in [-0.05, 0) is 13.3 Å². The Kier molecular flexibility index (Phi) is 5.20. The van der Waals surface area contributed by atoms with E-state index in [9.17, 15) is 0 Å². The van der Waals surface area contributed by atoms with Crippen molar-refractivity contribution in [1.82, 2.24) is 0 Å². The smallest absolute Gasteiger partial charge is 0.0719 e. The van der Waals surface area contributed by atoms with E-state index in [-0.39, 0.29) is 6.04 Å². The summed E-state index contributed by atoms with van der Waals surface area (Å²) in [6.45, 7) is 3.69. The summed E-state index contributed by atoms with van der Waals surface area (Å²) in [6, 6.07) is -0.217. The van der Waals surface area contributed by atoms with Crippen molar-refractivity contribution >= 4 is 18.1 Å². The van der Waals surface area contributed by atoms with Crippen molar-refractivity contribution in [2.24, 2.45) is 15.9 Å². The van der Waals surface area contributed by atoms with Gasteiger partial charge < -0.3 is 11.1 Å². The van der Waals surface area contributed by atoms with Crippen molar-refractivity contribution in [1.29, 1.82) is 5.41 Å². The Bertz CT molecular complexity index is 171. The zero-order chi connectivity index (χ0) is 8.69. The Hall–Kier alpha value is -1.03. The lowest BCUT2D eigenvalue weighted by atomic mass is 10.1. The van der Waals surface area contributed by atoms with E-state index in [4.69, 9.17) is 11.1 Å². The van der Waals surface area contributed by atoms with E-state index in [0.29, 0.717) is 5.71 Å². The highest BCUT2D eigenvalue weighted by molar-refractivity contribution is 6.31. The molecule has 0 aromatic heterocycles. The number of nitrogens with one attached hydrogen (secondary N) is 1. The van der Waals surface area contributed by atoms with Crippen LogP contribution in [0.2, 0.25) is 0 Å². The van der Waals surface area contributed by atoms with Gasteiger partial charge in [0.15, 0.2) is 0 Å². The van der Waals surface area contributed by atoms with Crippen LogP contribution in [0, 0.1) is 5.41 Å². The summed E-state index contributed by atoms with van der Waals surface area (Å²) >= 11 is 0. The zero-order valence-corrected chi connectivity index (χ0v) is 6.91. The fraction of sp³-hybridized carbons (Fsp3) is 0.571. The molecule has 0 saturated heterocycles. The molecule has 0 aliphatic carbocycles. The summed E-state index contributed by atoms with van der Waals surface area (Å²) in [4.78, 5) is 0. The molecule has 0 rings (SSSR count). The van der Waals surface area contributed by atoms with E-state index >= 15 is 0 Å². The third-order valence-electron chi connectivity index (χ3n) is 1.22. The van der Waals surface area contributed by atoms with Gasteiger partial charge in [0, 0.05) is 12.3 Å². The molecule has 0 aromatic carbocycles. The van der Waals surface area contributed by atoms with E-state index in [1.54, 1.807) is 13.1 Å². The summed E-state index contributed by atoms with van der Waals surface area (Å²) in [5.41, 5.74) is 5.85. The van der Waals surface area contributed by atoms with Crippen LogP contribution in [0.1, 0.15) is 20.3 Å². The van der Waals surface area contributed by atoms with Gasteiger partial charge in [0.2, 0.25) is 0 Å². The molecule has 4 nitrogen and oxygen atoms in total. The van der Waals surface area contributed by atoms with Crippen molar-refractivity contribution in [3.8, 4) is 0 Å². The lowest BCUT2D eigenvalue weighted by Gasteiger charge is -2.03. The van der Waals surface area contributed by atoms with Crippen LogP contribution in [0.25, 0.3) is 0 Å². The molecular weight excluding hydrogens is 140 g/mol. The van der Waals surface area contributed by atoms with Crippen LogP contribution in [0.15, 0.2) is 10.2 Å². The third kappa shape index (κ3) is 4.38. The van der Waals surface area contributed by atoms with Gasteiger partial charge in [0.1, 0.15) is 0 Å². The molecule has 0 saturated carbocycles. The Labute approximate surface area is 66.7 Å². The number of rotatable bonds is 4. The minimum atomic E-state index is -0.217. The van der Waals surface area contributed by atoms with Gasteiger partial charge in [-0.3, -0.25) is 0 Å². The van der Waals surface area contributed by atoms with Crippen LogP contribution in [0.3, 0.4) is 0 Å². The van der Waals surface area contributed by atoms with E-state index in [1.807, 2.05) is 6.92 Å². The largest absolute Gasteiger partial charge is 0.323 e. The van der Waals surface area contributed by atoms with E-state index in [2.05, 4.69) is 10.2 Å². The maximum Gasteiger partial charge on any atom is 0.0719 e. The first kappa shape index (κ1) is 9.97. The second-order valence-corrected chi connectivity index (χ2v) is 2.09. The first-order valence-corrected chi connectivity index (χ1v) is 3.57. The molecule has 3 N–H and O–H groups in total. The molecule has 0 spiro atoms. The molecule has 0 radical (unpaired) electrons. The third-order valence-corrected chi connectivity index (χ3v) is 1.22.